The second-order valence-corrected chi connectivity index (χ2v) is 7.37. The van der Waals surface area contributed by atoms with Gasteiger partial charge in [-0.15, -0.1) is 0 Å². The van der Waals surface area contributed by atoms with Gasteiger partial charge in [0.15, 0.2) is 0 Å². The van der Waals surface area contributed by atoms with Gasteiger partial charge in [-0.1, -0.05) is 30.3 Å². The van der Waals surface area contributed by atoms with Crippen molar-refractivity contribution < 1.29 is 9.21 Å². The SMILES string of the molecule is Cc1oc2c(c1C(=O)N(CCN(C)C)Cc1ccccc1)C1=NCCN1C=N2. The highest BCUT2D eigenvalue weighted by Gasteiger charge is 2.35. The molecule has 3 heterocycles. The number of amides is 1. The van der Waals surface area contributed by atoms with E-state index in [9.17, 15) is 4.79 Å². The topological polar surface area (TPSA) is 64.7 Å². The molecular weight excluding hydrogens is 354 g/mol. The molecule has 4 rings (SSSR count). The van der Waals surface area contributed by atoms with Gasteiger partial charge in [0.05, 0.1) is 17.7 Å². The summed E-state index contributed by atoms with van der Waals surface area (Å²) in [6.07, 6.45) is 1.74. The van der Waals surface area contributed by atoms with E-state index in [0.717, 1.165) is 30.1 Å². The molecule has 0 radical (unpaired) electrons. The van der Waals surface area contributed by atoms with Crippen molar-refractivity contribution in [2.24, 2.45) is 9.98 Å². The van der Waals surface area contributed by atoms with Crippen LogP contribution < -0.4 is 0 Å². The summed E-state index contributed by atoms with van der Waals surface area (Å²) in [6.45, 7) is 5.26. The van der Waals surface area contributed by atoms with E-state index in [4.69, 9.17) is 4.42 Å². The van der Waals surface area contributed by atoms with Gasteiger partial charge in [-0.3, -0.25) is 9.79 Å². The van der Waals surface area contributed by atoms with Gasteiger partial charge in [0.25, 0.3) is 5.91 Å². The van der Waals surface area contributed by atoms with Crippen LogP contribution in [0.3, 0.4) is 0 Å². The molecule has 0 saturated heterocycles. The molecule has 0 bridgehead atoms. The van der Waals surface area contributed by atoms with Crippen LogP contribution in [0.2, 0.25) is 0 Å². The summed E-state index contributed by atoms with van der Waals surface area (Å²) in [7, 11) is 4.02. The summed E-state index contributed by atoms with van der Waals surface area (Å²) in [6, 6.07) is 10.1. The fourth-order valence-corrected chi connectivity index (χ4v) is 3.54. The van der Waals surface area contributed by atoms with Gasteiger partial charge in [0.2, 0.25) is 5.88 Å². The molecule has 0 fully saturated rings. The number of carbonyl (C=O) groups excluding carboxylic acids is 1. The molecule has 0 N–H and O–H groups in total. The van der Waals surface area contributed by atoms with E-state index < -0.39 is 0 Å². The first-order chi connectivity index (χ1) is 13.5. The highest BCUT2D eigenvalue weighted by Crippen LogP contribution is 2.35. The van der Waals surface area contributed by atoms with Gasteiger partial charge in [-0.05, 0) is 26.6 Å². The molecule has 0 unspecified atom stereocenters. The number of hydrogen-bond acceptors (Lipinski definition) is 6. The number of hydrogen-bond donors (Lipinski definition) is 0. The molecule has 0 spiro atoms. The van der Waals surface area contributed by atoms with Crippen molar-refractivity contribution in [3.8, 4) is 0 Å². The molecule has 0 aliphatic carbocycles. The Kier molecular flexibility index (Phi) is 5.00. The van der Waals surface area contributed by atoms with Crippen molar-refractivity contribution in [3.63, 3.8) is 0 Å². The monoisotopic (exact) mass is 379 g/mol. The van der Waals surface area contributed by atoms with E-state index in [1.54, 1.807) is 6.34 Å². The highest BCUT2D eigenvalue weighted by molar-refractivity contribution is 6.17. The Hall–Kier alpha value is -2.93. The molecular formula is C21H25N5O2. The lowest BCUT2D eigenvalue weighted by Crippen LogP contribution is -2.38. The number of benzene rings is 1. The second-order valence-electron chi connectivity index (χ2n) is 7.37. The molecule has 7 nitrogen and oxygen atoms in total. The second kappa shape index (κ2) is 7.59. The molecule has 146 valence electrons. The van der Waals surface area contributed by atoms with Crippen molar-refractivity contribution in [2.45, 2.75) is 13.5 Å². The predicted octanol–water partition coefficient (Wildman–Crippen LogP) is 2.53. The molecule has 1 aromatic carbocycles. The molecule has 0 saturated carbocycles. The Morgan fingerprint density at radius 2 is 2.00 bits per heavy atom. The molecule has 2 aliphatic heterocycles. The summed E-state index contributed by atoms with van der Waals surface area (Å²) in [5.41, 5.74) is 2.40. The Balaban J connectivity index is 1.69. The number of aryl methyl sites for hydroxylation is 1. The van der Waals surface area contributed by atoms with Crippen LogP contribution in [0.4, 0.5) is 5.88 Å². The summed E-state index contributed by atoms with van der Waals surface area (Å²) in [5, 5.41) is 0. The standard InChI is InChI=1S/C21H25N5O2/c1-15-17(18-19-22-9-10-26(19)14-23-20(18)28-15)21(27)25(12-11-24(2)3)13-16-7-5-4-6-8-16/h4-8,14H,9-13H2,1-3H3. The van der Waals surface area contributed by atoms with Gasteiger partial charge in [-0.25, -0.2) is 4.99 Å². The third kappa shape index (κ3) is 3.45. The summed E-state index contributed by atoms with van der Waals surface area (Å²) < 4.78 is 5.83. The summed E-state index contributed by atoms with van der Waals surface area (Å²) in [4.78, 5) is 28.5. The number of carbonyl (C=O) groups is 1. The van der Waals surface area contributed by atoms with Crippen molar-refractivity contribution in [1.82, 2.24) is 14.7 Å². The lowest BCUT2D eigenvalue weighted by atomic mass is 10.1. The number of furan rings is 1. The van der Waals surface area contributed by atoms with Crippen LogP contribution in [0, 0.1) is 6.92 Å². The summed E-state index contributed by atoms with van der Waals surface area (Å²) >= 11 is 0. The number of amidine groups is 1. The maximum Gasteiger partial charge on any atom is 0.258 e. The first-order valence-electron chi connectivity index (χ1n) is 9.51. The van der Waals surface area contributed by atoms with Crippen LogP contribution in [0.5, 0.6) is 0 Å². The minimum absolute atomic E-state index is 0.0418. The van der Waals surface area contributed by atoms with Gasteiger partial charge in [0, 0.05) is 26.2 Å². The largest absolute Gasteiger partial charge is 0.442 e. The number of nitrogens with zero attached hydrogens (tertiary/aromatic N) is 5. The maximum atomic E-state index is 13.6. The van der Waals surface area contributed by atoms with E-state index in [1.807, 2.05) is 61.2 Å². The maximum absolute atomic E-state index is 13.6. The average Bonchev–Trinajstić information content (AvgIpc) is 3.28. The van der Waals surface area contributed by atoms with Crippen molar-refractivity contribution in [2.75, 3.05) is 40.3 Å². The molecule has 1 aromatic heterocycles. The normalized spacial score (nSPS) is 14.9. The minimum Gasteiger partial charge on any atom is -0.442 e. The minimum atomic E-state index is -0.0418. The molecule has 1 amide bonds. The zero-order chi connectivity index (χ0) is 19.7. The molecule has 2 aromatic rings. The zero-order valence-corrected chi connectivity index (χ0v) is 16.6. The van der Waals surface area contributed by atoms with Crippen LogP contribution in [-0.2, 0) is 6.54 Å². The van der Waals surface area contributed by atoms with Gasteiger partial charge in [-0.2, -0.15) is 0 Å². The number of fused-ring (bicyclic) bond motifs is 3. The first-order valence-corrected chi connectivity index (χ1v) is 9.51. The van der Waals surface area contributed by atoms with Gasteiger partial charge < -0.3 is 19.1 Å². The fraction of sp³-hybridized carbons (Fsp3) is 0.381. The van der Waals surface area contributed by atoms with E-state index >= 15 is 0 Å². The number of rotatable bonds is 6. The van der Waals surface area contributed by atoms with Gasteiger partial charge >= 0.3 is 0 Å². The smallest absolute Gasteiger partial charge is 0.258 e. The third-order valence-corrected chi connectivity index (χ3v) is 5.01. The highest BCUT2D eigenvalue weighted by atomic mass is 16.4. The van der Waals surface area contributed by atoms with E-state index in [-0.39, 0.29) is 5.91 Å². The van der Waals surface area contributed by atoms with Crippen LogP contribution in [0.15, 0.2) is 44.7 Å². The van der Waals surface area contributed by atoms with Gasteiger partial charge in [0.1, 0.15) is 17.9 Å². The van der Waals surface area contributed by atoms with Crippen LogP contribution in [-0.4, -0.2) is 73.1 Å². The van der Waals surface area contributed by atoms with Crippen LogP contribution in [0.1, 0.15) is 27.2 Å². The predicted molar refractivity (Wildman–Crippen MR) is 109 cm³/mol. The third-order valence-electron chi connectivity index (χ3n) is 5.01. The molecule has 7 heteroatoms. The molecule has 28 heavy (non-hydrogen) atoms. The Bertz CT molecular complexity index is 930. The zero-order valence-electron chi connectivity index (χ0n) is 16.6. The quantitative estimate of drug-likeness (QED) is 0.774. The fourth-order valence-electron chi connectivity index (χ4n) is 3.54. The first kappa shape index (κ1) is 18.4. The molecule has 2 aliphatic rings. The van der Waals surface area contributed by atoms with Crippen LogP contribution in [0.25, 0.3) is 0 Å². The molecule has 0 atom stereocenters. The van der Waals surface area contributed by atoms with Crippen LogP contribution >= 0.6 is 0 Å². The lowest BCUT2D eigenvalue weighted by molar-refractivity contribution is 0.0730. The van der Waals surface area contributed by atoms with E-state index in [1.165, 1.54) is 0 Å². The number of likely N-dealkylation sites (N-methyl/N-ethyl adjacent to an activating group) is 1. The van der Waals surface area contributed by atoms with E-state index in [0.29, 0.717) is 36.8 Å². The average molecular weight is 379 g/mol. The Labute approximate surface area is 165 Å². The van der Waals surface area contributed by atoms with Crippen molar-refractivity contribution in [1.29, 1.82) is 0 Å². The number of aliphatic imine (C=N–C) groups is 2. The van der Waals surface area contributed by atoms with E-state index in [2.05, 4.69) is 14.9 Å². The van der Waals surface area contributed by atoms with Crippen molar-refractivity contribution >= 4 is 24.0 Å². The Morgan fingerprint density at radius 1 is 1.21 bits per heavy atom. The Morgan fingerprint density at radius 3 is 2.75 bits per heavy atom. The summed E-state index contributed by atoms with van der Waals surface area (Å²) in [5.74, 6) is 1.81. The van der Waals surface area contributed by atoms with Crippen molar-refractivity contribution in [3.05, 3.63) is 52.8 Å². The lowest BCUT2D eigenvalue weighted by Gasteiger charge is -2.25.